The summed E-state index contributed by atoms with van der Waals surface area (Å²) in [6.45, 7) is -0.665. The minimum absolute atomic E-state index is 0.104. The molecular weight excluding hydrogens is 272 g/mol. The Labute approximate surface area is 112 Å². The maximum Gasteiger partial charge on any atom is 0.310 e. The molecular formula is C10H10N4O4S. The molecule has 0 spiro atoms. The van der Waals surface area contributed by atoms with Gasteiger partial charge in [0.15, 0.2) is 17.6 Å². The van der Waals surface area contributed by atoms with Gasteiger partial charge in [0, 0.05) is 6.20 Å². The van der Waals surface area contributed by atoms with Crippen molar-refractivity contribution in [1.82, 2.24) is 9.55 Å². The molecule has 0 amide bonds. The number of rotatable bonds is 2. The van der Waals surface area contributed by atoms with Crippen molar-refractivity contribution < 1.29 is 20.1 Å². The number of nitrogen functional groups attached to an aromatic ring is 1. The van der Waals surface area contributed by atoms with Gasteiger partial charge < -0.3 is 25.8 Å². The number of anilines is 1. The zero-order chi connectivity index (χ0) is 14.2. The van der Waals surface area contributed by atoms with Crippen molar-refractivity contribution in [3.05, 3.63) is 28.6 Å². The third-order valence-electron chi connectivity index (χ3n) is 2.68. The molecule has 100 valence electrons. The van der Waals surface area contributed by atoms with Crippen LogP contribution < -0.4 is 5.73 Å². The van der Waals surface area contributed by atoms with Crippen LogP contribution >= 0.6 is 12.2 Å². The largest absolute Gasteiger partial charge is 0.506 e. The summed E-state index contributed by atoms with van der Waals surface area (Å²) < 4.78 is 6.12. The number of nitriles is 1. The van der Waals surface area contributed by atoms with Crippen LogP contribution in [0.4, 0.5) is 5.82 Å². The summed E-state index contributed by atoms with van der Waals surface area (Å²) in [5, 5.41) is 37.9. The summed E-state index contributed by atoms with van der Waals surface area (Å²) in [5.41, 5.74) is 3.44. The van der Waals surface area contributed by atoms with E-state index in [2.05, 4.69) is 4.98 Å². The quantitative estimate of drug-likeness (QED) is 0.534. The summed E-state index contributed by atoms with van der Waals surface area (Å²) in [6.07, 6.45) is -0.387. The van der Waals surface area contributed by atoms with Crippen LogP contribution in [-0.2, 0) is 10.5 Å². The summed E-state index contributed by atoms with van der Waals surface area (Å²) in [5.74, 6) is -0.781. The van der Waals surface area contributed by atoms with Crippen molar-refractivity contribution in [3.8, 4) is 6.07 Å². The Bertz CT molecular complexity index is 650. The van der Waals surface area contributed by atoms with Crippen LogP contribution in [0, 0.1) is 16.1 Å². The Morgan fingerprint density at radius 3 is 2.84 bits per heavy atom. The van der Waals surface area contributed by atoms with Gasteiger partial charge in [0.25, 0.3) is 0 Å². The highest BCUT2D eigenvalue weighted by Gasteiger charge is 2.52. The molecule has 1 unspecified atom stereocenters. The minimum Gasteiger partial charge on any atom is -0.506 e. The lowest BCUT2D eigenvalue weighted by Crippen LogP contribution is -2.43. The Morgan fingerprint density at radius 2 is 2.37 bits per heavy atom. The molecule has 2 atom stereocenters. The van der Waals surface area contributed by atoms with Gasteiger partial charge in [0.2, 0.25) is 4.77 Å². The molecule has 0 saturated carbocycles. The van der Waals surface area contributed by atoms with Gasteiger partial charge in [-0.3, -0.25) is 4.57 Å². The molecule has 1 aliphatic rings. The van der Waals surface area contributed by atoms with E-state index in [0.717, 1.165) is 4.57 Å². The number of hydrogen-bond donors (Lipinski definition) is 4. The highest BCUT2D eigenvalue weighted by atomic mass is 32.1. The van der Waals surface area contributed by atoms with E-state index in [4.69, 9.17) is 27.8 Å². The van der Waals surface area contributed by atoms with Gasteiger partial charge in [-0.05, 0) is 18.3 Å². The van der Waals surface area contributed by atoms with E-state index < -0.39 is 24.2 Å². The summed E-state index contributed by atoms with van der Waals surface area (Å²) >= 11 is 4.95. The predicted octanol–water partition coefficient (Wildman–Crippen LogP) is -0.476. The molecule has 9 heteroatoms. The van der Waals surface area contributed by atoms with E-state index >= 15 is 0 Å². The molecule has 1 aliphatic heterocycles. The summed E-state index contributed by atoms with van der Waals surface area (Å²) in [7, 11) is 0. The van der Waals surface area contributed by atoms with E-state index in [1.165, 1.54) is 12.3 Å². The van der Waals surface area contributed by atoms with Crippen molar-refractivity contribution in [2.24, 2.45) is 0 Å². The number of aromatic nitrogens is 2. The maximum atomic E-state index is 9.96. The Kier molecular flexibility index (Phi) is 3.15. The van der Waals surface area contributed by atoms with E-state index in [0.29, 0.717) is 0 Å². The van der Waals surface area contributed by atoms with Crippen LogP contribution in [0.5, 0.6) is 0 Å². The number of nitrogens with two attached hydrogens (primary N) is 1. The van der Waals surface area contributed by atoms with Crippen LogP contribution in [0.25, 0.3) is 0 Å². The smallest absolute Gasteiger partial charge is 0.310 e. The minimum atomic E-state index is -2.01. The fourth-order valence-electron chi connectivity index (χ4n) is 1.73. The topological polar surface area (TPSA) is 138 Å². The Balaban J connectivity index is 2.59. The van der Waals surface area contributed by atoms with Crippen molar-refractivity contribution in [1.29, 1.82) is 5.26 Å². The second kappa shape index (κ2) is 4.51. The number of ether oxygens (including phenoxy) is 1. The molecule has 1 aromatic rings. The summed E-state index contributed by atoms with van der Waals surface area (Å²) in [6, 6.07) is 3.09. The van der Waals surface area contributed by atoms with E-state index in [9.17, 15) is 15.5 Å². The molecule has 0 aliphatic carbocycles. The zero-order valence-electron chi connectivity index (χ0n) is 9.52. The standard InChI is InChI=1S/C10H10N4O4S/c11-4-10(8(17)7(16)5(3-15)18-10)14-2-1-6(12)13-9(14)19/h1-2,8,15-17H,3H2,(H2,12,13,19)/t8?,10-/m1/s1. The Morgan fingerprint density at radius 1 is 1.68 bits per heavy atom. The first-order chi connectivity index (χ1) is 8.96. The van der Waals surface area contributed by atoms with Crippen LogP contribution in [-0.4, -0.2) is 37.6 Å². The molecule has 0 bridgehead atoms. The second-order valence-corrected chi connectivity index (χ2v) is 4.15. The first-order valence-electron chi connectivity index (χ1n) is 5.13. The van der Waals surface area contributed by atoms with Crippen molar-refractivity contribution in [2.75, 3.05) is 12.3 Å². The average Bonchev–Trinajstić information content (AvgIpc) is 2.64. The third kappa shape index (κ3) is 1.82. The third-order valence-corrected chi connectivity index (χ3v) is 2.97. The average molecular weight is 282 g/mol. The molecule has 19 heavy (non-hydrogen) atoms. The number of hydrogen-bond acceptors (Lipinski definition) is 8. The zero-order valence-corrected chi connectivity index (χ0v) is 10.3. The first-order valence-corrected chi connectivity index (χ1v) is 5.54. The predicted molar refractivity (Wildman–Crippen MR) is 64.9 cm³/mol. The fourth-order valence-corrected chi connectivity index (χ4v) is 2.04. The molecule has 0 radical (unpaired) electrons. The van der Waals surface area contributed by atoms with E-state index in [1.807, 2.05) is 0 Å². The SMILES string of the molecule is N#C[C@@]1(n2ccc(N)nc2=S)OC(CO)=C(O)C1O. The van der Waals surface area contributed by atoms with Gasteiger partial charge in [-0.25, -0.2) is 4.98 Å². The monoisotopic (exact) mass is 282 g/mol. The van der Waals surface area contributed by atoms with Gasteiger partial charge in [0.1, 0.15) is 18.5 Å². The molecule has 0 aromatic carbocycles. The molecule has 2 rings (SSSR count). The lowest BCUT2D eigenvalue weighted by Gasteiger charge is -2.27. The van der Waals surface area contributed by atoms with Gasteiger partial charge >= 0.3 is 5.72 Å². The van der Waals surface area contributed by atoms with Gasteiger partial charge in [0.05, 0.1) is 0 Å². The summed E-state index contributed by atoms with van der Waals surface area (Å²) in [4.78, 5) is 3.77. The lowest BCUT2D eigenvalue weighted by atomic mass is 10.1. The normalized spacial score (nSPS) is 26.1. The fraction of sp³-hybridized carbons (Fsp3) is 0.300. The molecule has 8 nitrogen and oxygen atoms in total. The highest BCUT2D eigenvalue weighted by Crippen LogP contribution is 2.36. The van der Waals surface area contributed by atoms with Gasteiger partial charge in [-0.1, -0.05) is 0 Å². The molecule has 1 aromatic heterocycles. The molecule has 2 heterocycles. The first kappa shape index (κ1) is 13.3. The Hall–Kier alpha value is -2.15. The van der Waals surface area contributed by atoms with E-state index in [1.54, 1.807) is 6.07 Å². The van der Waals surface area contributed by atoms with Crippen LogP contribution in [0.15, 0.2) is 23.8 Å². The van der Waals surface area contributed by atoms with Crippen molar-refractivity contribution in [2.45, 2.75) is 11.8 Å². The number of aliphatic hydroxyl groups excluding tert-OH is 3. The molecule has 5 N–H and O–H groups in total. The van der Waals surface area contributed by atoms with Crippen molar-refractivity contribution in [3.63, 3.8) is 0 Å². The van der Waals surface area contributed by atoms with Crippen LogP contribution in [0.3, 0.4) is 0 Å². The second-order valence-electron chi connectivity index (χ2n) is 3.78. The number of aliphatic hydroxyl groups is 3. The number of nitrogens with zero attached hydrogens (tertiary/aromatic N) is 3. The van der Waals surface area contributed by atoms with Crippen molar-refractivity contribution >= 4 is 18.0 Å². The van der Waals surface area contributed by atoms with E-state index in [-0.39, 0.29) is 16.3 Å². The lowest BCUT2D eigenvalue weighted by molar-refractivity contribution is -0.0772. The van der Waals surface area contributed by atoms with Gasteiger partial charge in [-0.2, -0.15) is 5.26 Å². The molecule has 0 fully saturated rings. The molecule has 0 saturated heterocycles. The highest BCUT2D eigenvalue weighted by molar-refractivity contribution is 7.71. The van der Waals surface area contributed by atoms with Crippen LogP contribution in [0.1, 0.15) is 0 Å². The maximum absolute atomic E-state index is 9.96. The van der Waals surface area contributed by atoms with Gasteiger partial charge in [-0.15, -0.1) is 0 Å². The van der Waals surface area contributed by atoms with Crippen LogP contribution in [0.2, 0.25) is 0 Å².